The maximum Gasteiger partial charge on any atom is 0.348 e. The van der Waals surface area contributed by atoms with Crippen LogP contribution in [0.3, 0.4) is 0 Å². The zero-order chi connectivity index (χ0) is 14.3. The zero-order valence-electron chi connectivity index (χ0n) is 10.7. The molecule has 0 bridgehead atoms. The van der Waals surface area contributed by atoms with Gasteiger partial charge in [-0.15, -0.1) is 0 Å². The summed E-state index contributed by atoms with van der Waals surface area (Å²) in [5.41, 5.74) is 0.930. The molecule has 1 aromatic carbocycles. The zero-order valence-corrected chi connectivity index (χ0v) is 10.7. The van der Waals surface area contributed by atoms with Crippen molar-refractivity contribution < 1.29 is 19.1 Å². The molecule has 0 radical (unpaired) electrons. The Kier molecular flexibility index (Phi) is 5.30. The van der Waals surface area contributed by atoms with Crippen molar-refractivity contribution in [3.8, 4) is 6.07 Å². The molecule has 1 rings (SSSR count). The molecule has 5 heteroatoms. The number of hydrogen-bond acceptors (Lipinski definition) is 5. The first kappa shape index (κ1) is 14.5. The molecule has 0 aromatic heterocycles. The quantitative estimate of drug-likeness (QED) is 0.469. The van der Waals surface area contributed by atoms with Crippen LogP contribution in [0.5, 0.6) is 0 Å². The normalized spacial score (nSPS) is 10.5. The fourth-order valence-electron chi connectivity index (χ4n) is 1.35. The number of ether oxygens (including phenoxy) is 2. The highest BCUT2D eigenvalue weighted by Crippen LogP contribution is 2.10. The summed E-state index contributed by atoms with van der Waals surface area (Å²) in [6.45, 7) is 1.87. The molecule has 0 amide bonds. The second-order valence-electron chi connectivity index (χ2n) is 3.50. The van der Waals surface area contributed by atoms with E-state index in [0.29, 0.717) is 11.1 Å². The van der Waals surface area contributed by atoms with Crippen molar-refractivity contribution in [3.05, 3.63) is 41.0 Å². The Bertz CT molecular complexity index is 538. The van der Waals surface area contributed by atoms with Crippen LogP contribution in [0.15, 0.2) is 29.8 Å². The summed E-state index contributed by atoms with van der Waals surface area (Å²) in [5, 5.41) is 8.87. The third-order valence-corrected chi connectivity index (χ3v) is 2.26. The summed E-state index contributed by atoms with van der Waals surface area (Å²) in [4.78, 5) is 22.6. The standard InChI is InChI=1S/C14H13NO4/c1-3-19-14(17)12(9-15)8-10-4-6-11(7-5-10)13(16)18-2/h4-8H,3H2,1-2H3/b12-8-. The van der Waals surface area contributed by atoms with Crippen LogP contribution in [0.1, 0.15) is 22.8 Å². The van der Waals surface area contributed by atoms with Crippen molar-refractivity contribution in [2.24, 2.45) is 0 Å². The number of rotatable bonds is 4. The maximum absolute atomic E-state index is 11.4. The summed E-state index contributed by atoms with van der Waals surface area (Å²) in [6.07, 6.45) is 1.40. The Hall–Kier alpha value is -2.61. The van der Waals surface area contributed by atoms with Crippen molar-refractivity contribution >= 4 is 18.0 Å². The Labute approximate surface area is 111 Å². The molecule has 0 saturated carbocycles. The van der Waals surface area contributed by atoms with E-state index in [4.69, 9.17) is 10.00 Å². The number of nitrogens with zero attached hydrogens (tertiary/aromatic N) is 1. The van der Waals surface area contributed by atoms with Crippen LogP contribution in [0.2, 0.25) is 0 Å². The van der Waals surface area contributed by atoms with E-state index in [0.717, 1.165) is 0 Å². The molecule has 0 aliphatic rings. The van der Waals surface area contributed by atoms with E-state index in [1.54, 1.807) is 37.3 Å². The fraction of sp³-hybridized carbons (Fsp3) is 0.214. The van der Waals surface area contributed by atoms with Gasteiger partial charge in [0.25, 0.3) is 0 Å². The first-order valence-electron chi connectivity index (χ1n) is 5.59. The molecule has 0 N–H and O–H groups in total. The second-order valence-corrected chi connectivity index (χ2v) is 3.50. The molecule has 0 fully saturated rings. The van der Waals surface area contributed by atoms with Gasteiger partial charge in [-0.25, -0.2) is 9.59 Å². The third kappa shape index (κ3) is 3.96. The lowest BCUT2D eigenvalue weighted by Gasteiger charge is -2.01. The van der Waals surface area contributed by atoms with Gasteiger partial charge in [-0.3, -0.25) is 0 Å². The van der Waals surface area contributed by atoms with E-state index in [-0.39, 0.29) is 12.2 Å². The molecule has 0 atom stereocenters. The predicted octanol–water partition coefficient (Wildman–Crippen LogP) is 1.94. The summed E-state index contributed by atoms with van der Waals surface area (Å²) in [5.74, 6) is -1.11. The molecular formula is C14H13NO4. The van der Waals surface area contributed by atoms with E-state index in [2.05, 4.69) is 4.74 Å². The van der Waals surface area contributed by atoms with Crippen molar-refractivity contribution in [2.45, 2.75) is 6.92 Å². The molecule has 5 nitrogen and oxygen atoms in total. The predicted molar refractivity (Wildman–Crippen MR) is 68.0 cm³/mol. The minimum absolute atomic E-state index is 0.0901. The van der Waals surface area contributed by atoms with Gasteiger partial charge in [-0.05, 0) is 30.7 Å². The van der Waals surface area contributed by atoms with Crippen molar-refractivity contribution in [3.63, 3.8) is 0 Å². The number of nitriles is 1. The Morgan fingerprint density at radius 1 is 1.32 bits per heavy atom. The highest BCUT2D eigenvalue weighted by Gasteiger charge is 2.10. The number of esters is 2. The van der Waals surface area contributed by atoms with Crippen LogP contribution in [-0.4, -0.2) is 25.7 Å². The average Bonchev–Trinajstić information content (AvgIpc) is 2.44. The van der Waals surface area contributed by atoms with E-state index in [9.17, 15) is 9.59 Å². The van der Waals surface area contributed by atoms with Gasteiger partial charge in [0.2, 0.25) is 0 Å². The second kappa shape index (κ2) is 6.97. The lowest BCUT2D eigenvalue weighted by Crippen LogP contribution is -2.06. The van der Waals surface area contributed by atoms with Crippen molar-refractivity contribution in [2.75, 3.05) is 13.7 Å². The Morgan fingerprint density at radius 3 is 2.42 bits per heavy atom. The number of carbonyl (C=O) groups is 2. The van der Waals surface area contributed by atoms with Crippen LogP contribution in [0.25, 0.3) is 6.08 Å². The number of hydrogen-bond donors (Lipinski definition) is 0. The Balaban J connectivity index is 2.95. The Morgan fingerprint density at radius 2 is 1.95 bits per heavy atom. The summed E-state index contributed by atoms with van der Waals surface area (Å²) in [6, 6.07) is 8.11. The molecule has 0 spiro atoms. The van der Waals surface area contributed by atoms with Gasteiger partial charge in [0, 0.05) is 0 Å². The van der Waals surface area contributed by atoms with E-state index < -0.39 is 11.9 Å². The molecule has 0 saturated heterocycles. The van der Waals surface area contributed by atoms with E-state index >= 15 is 0 Å². The van der Waals surface area contributed by atoms with Crippen molar-refractivity contribution in [1.29, 1.82) is 5.26 Å². The number of benzene rings is 1. The third-order valence-electron chi connectivity index (χ3n) is 2.26. The van der Waals surface area contributed by atoms with Gasteiger partial charge < -0.3 is 9.47 Å². The van der Waals surface area contributed by atoms with Gasteiger partial charge >= 0.3 is 11.9 Å². The monoisotopic (exact) mass is 259 g/mol. The molecule has 0 aliphatic heterocycles. The van der Waals surface area contributed by atoms with Gasteiger partial charge in [0.15, 0.2) is 0 Å². The van der Waals surface area contributed by atoms with Crippen molar-refractivity contribution in [1.82, 2.24) is 0 Å². The highest BCUT2D eigenvalue weighted by atomic mass is 16.5. The van der Waals surface area contributed by atoms with Gasteiger partial charge in [0.1, 0.15) is 11.6 Å². The first-order chi connectivity index (χ1) is 9.12. The molecule has 19 heavy (non-hydrogen) atoms. The van der Waals surface area contributed by atoms with E-state index in [1.807, 2.05) is 0 Å². The minimum atomic E-state index is -0.665. The number of carbonyl (C=O) groups excluding carboxylic acids is 2. The van der Waals surface area contributed by atoms with Gasteiger partial charge in [-0.2, -0.15) is 5.26 Å². The van der Waals surface area contributed by atoms with Gasteiger partial charge in [-0.1, -0.05) is 12.1 Å². The van der Waals surface area contributed by atoms with Crippen LogP contribution in [0, 0.1) is 11.3 Å². The van der Waals surface area contributed by atoms with E-state index in [1.165, 1.54) is 13.2 Å². The molecule has 98 valence electrons. The van der Waals surface area contributed by atoms with Crippen LogP contribution >= 0.6 is 0 Å². The largest absolute Gasteiger partial charge is 0.465 e. The molecule has 0 heterocycles. The van der Waals surface area contributed by atoms with Crippen LogP contribution in [-0.2, 0) is 14.3 Å². The lowest BCUT2D eigenvalue weighted by atomic mass is 10.1. The topological polar surface area (TPSA) is 76.4 Å². The van der Waals surface area contributed by atoms with Crippen LogP contribution < -0.4 is 0 Å². The molecule has 0 aliphatic carbocycles. The lowest BCUT2D eigenvalue weighted by molar-refractivity contribution is -0.137. The smallest absolute Gasteiger partial charge is 0.348 e. The van der Waals surface area contributed by atoms with Gasteiger partial charge in [0.05, 0.1) is 19.3 Å². The first-order valence-corrected chi connectivity index (χ1v) is 5.59. The molecule has 1 aromatic rings. The fourth-order valence-corrected chi connectivity index (χ4v) is 1.35. The average molecular weight is 259 g/mol. The highest BCUT2D eigenvalue weighted by molar-refractivity contribution is 5.98. The maximum atomic E-state index is 11.4. The summed E-state index contributed by atoms with van der Waals surface area (Å²) < 4.78 is 9.31. The number of methoxy groups -OCH3 is 1. The summed E-state index contributed by atoms with van der Waals surface area (Å²) in [7, 11) is 1.30. The molecule has 0 unspecified atom stereocenters. The summed E-state index contributed by atoms with van der Waals surface area (Å²) >= 11 is 0. The SMILES string of the molecule is CCOC(=O)/C(C#N)=C\c1ccc(C(=O)OC)cc1. The van der Waals surface area contributed by atoms with Crippen LogP contribution in [0.4, 0.5) is 0 Å². The molecular weight excluding hydrogens is 246 g/mol. The minimum Gasteiger partial charge on any atom is -0.465 e.